The van der Waals surface area contributed by atoms with Crippen molar-refractivity contribution in [3.05, 3.63) is 45.9 Å². The minimum Gasteiger partial charge on any atom is -0.371 e. The summed E-state index contributed by atoms with van der Waals surface area (Å²) in [4.78, 5) is 13.6. The van der Waals surface area contributed by atoms with Crippen LogP contribution in [0.25, 0.3) is 0 Å². The number of hydrogen-bond donors (Lipinski definition) is 1. The first-order chi connectivity index (χ1) is 11.0. The number of benzene rings is 1. The molecule has 5 nitrogen and oxygen atoms in total. The van der Waals surface area contributed by atoms with E-state index in [9.17, 15) is 9.18 Å². The summed E-state index contributed by atoms with van der Waals surface area (Å²) in [6.45, 7) is 1.49. The maximum Gasteiger partial charge on any atom is 0.253 e. The van der Waals surface area contributed by atoms with Gasteiger partial charge in [-0.1, -0.05) is 15.9 Å². The number of amides is 1. The van der Waals surface area contributed by atoms with Gasteiger partial charge in [0.15, 0.2) is 0 Å². The van der Waals surface area contributed by atoms with Gasteiger partial charge in [-0.05, 0) is 36.5 Å². The summed E-state index contributed by atoms with van der Waals surface area (Å²) in [7, 11) is 1.90. The Bertz CT molecular complexity index is 738. The Morgan fingerprint density at radius 3 is 2.65 bits per heavy atom. The maximum absolute atomic E-state index is 14.1. The van der Waals surface area contributed by atoms with Crippen LogP contribution in [-0.2, 0) is 7.05 Å². The van der Waals surface area contributed by atoms with Crippen LogP contribution in [0.3, 0.4) is 0 Å². The minimum absolute atomic E-state index is 0.0342. The van der Waals surface area contributed by atoms with Gasteiger partial charge < -0.3 is 10.6 Å². The largest absolute Gasteiger partial charge is 0.371 e. The lowest BCUT2D eigenvalue weighted by molar-refractivity contribution is 0.0997. The van der Waals surface area contributed by atoms with Crippen LogP contribution in [0.4, 0.5) is 10.1 Å². The monoisotopic (exact) mass is 380 g/mol. The predicted molar refractivity (Wildman–Crippen MR) is 90.0 cm³/mol. The van der Waals surface area contributed by atoms with E-state index in [0.717, 1.165) is 25.9 Å². The van der Waals surface area contributed by atoms with Gasteiger partial charge in [-0.25, -0.2) is 4.39 Å². The highest BCUT2D eigenvalue weighted by molar-refractivity contribution is 9.10. The van der Waals surface area contributed by atoms with Crippen LogP contribution in [-0.4, -0.2) is 28.8 Å². The number of carbonyl (C=O) groups excluding carboxylic acids is 1. The number of aryl methyl sites for hydroxylation is 1. The molecule has 2 aromatic rings. The Hall–Kier alpha value is -1.89. The van der Waals surface area contributed by atoms with Crippen LogP contribution in [0.1, 0.15) is 34.7 Å². The normalized spacial score (nSPS) is 15.9. The summed E-state index contributed by atoms with van der Waals surface area (Å²) in [5, 5.41) is 4.22. The van der Waals surface area contributed by atoms with Crippen molar-refractivity contribution in [3.63, 3.8) is 0 Å². The fourth-order valence-electron chi connectivity index (χ4n) is 3.16. The molecule has 0 spiro atoms. The predicted octanol–water partition coefficient (Wildman–Crippen LogP) is 2.80. The van der Waals surface area contributed by atoms with Gasteiger partial charge in [0.05, 0.1) is 17.4 Å². The van der Waals surface area contributed by atoms with Gasteiger partial charge in [-0.3, -0.25) is 9.48 Å². The lowest BCUT2D eigenvalue weighted by atomic mass is 9.91. The Balaban J connectivity index is 1.81. The lowest BCUT2D eigenvalue weighted by Gasteiger charge is -2.34. The first kappa shape index (κ1) is 16.0. The third-order valence-corrected chi connectivity index (χ3v) is 4.77. The molecule has 1 aliphatic heterocycles. The van der Waals surface area contributed by atoms with E-state index in [0.29, 0.717) is 16.1 Å². The number of piperidine rings is 1. The fourth-order valence-corrected chi connectivity index (χ4v) is 3.58. The van der Waals surface area contributed by atoms with Gasteiger partial charge in [0.2, 0.25) is 0 Å². The molecule has 2 heterocycles. The SMILES string of the molecule is Cn1cc(C2CCN(c3cc(Br)cc(F)c3C(N)=O)CC2)cn1. The third-order valence-electron chi connectivity index (χ3n) is 4.31. The summed E-state index contributed by atoms with van der Waals surface area (Å²) < 4.78 is 16.5. The van der Waals surface area contributed by atoms with Crippen molar-refractivity contribution in [2.24, 2.45) is 12.8 Å². The zero-order valence-electron chi connectivity index (χ0n) is 12.8. The lowest BCUT2D eigenvalue weighted by Crippen LogP contribution is -2.34. The minimum atomic E-state index is -0.737. The summed E-state index contributed by atoms with van der Waals surface area (Å²) in [6.07, 6.45) is 5.79. The molecule has 1 aromatic carbocycles. The maximum atomic E-state index is 14.1. The standard InChI is InChI=1S/C16H18BrFN4O/c1-21-9-11(8-20-21)10-2-4-22(5-3-10)14-7-12(17)6-13(18)15(14)16(19)23/h6-10H,2-5H2,1H3,(H2,19,23). The van der Waals surface area contributed by atoms with E-state index >= 15 is 0 Å². The second-order valence-electron chi connectivity index (χ2n) is 5.85. The molecule has 2 N–H and O–H groups in total. The molecule has 0 aliphatic carbocycles. The zero-order chi connectivity index (χ0) is 16.6. The van der Waals surface area contributed by atoms with Gasteiger partial charge in [-0.15, -0.1) is 0 Å². The quantitative estimate of drug-likeness (QED) is 0.890. The first-order valence-electron chi connectivity index (χ1n) is 7.48. The van der Waals surface area contributed by atoms with Crippen LogP contribution in [0, 0.1) is 5.82 Å². The van der Waals surface area contributed by atoms with Crippen LogP contribution < -0.4 is 10.6 Å². The number of rotatable bonds is 3. The van der Waals surface area contributed by atoms with Crippen molar-refractivity contribution in [3.8, 4) is 0 Å². The highest BCUT2D eigenvalue weighted by Crippen LogP contribution is 2.34. The van der Waals surface area contributed by atoms with Crippen LogP contribution >= 0.6 is 15.9 Å². The van der Waals surface area contributed by atoms with Crippen molar-refractivity contribution in [1.82, 2.24) is 9.78 Å². The molecule has 3 rings (SSSR count). The molecule has 0 radical (unpaired) electrons. The molecule has 1 amide bonds. The summed E-state index contributed by atoms with van der Waals surface area (Å²) >= 11 is 3.28. The van der Waals surface area contributed by atoms with Gasteiger partial charge in [0.1, 0.15) is 5.82 Å². The average Bonchev–Trinajstić information content (AvgIpc) is 2.92. The fraction of sp³-hybridized carbons (Fsp3) is 0.375. The highest BCUT2D eigenvalue weighted by atomic mass is 79.9. The van der Waals surface area contributed by atoms with Gasteiger partial charge in [0.25, 0.3) is 5.91 Å². The molecule has 0 atom stereocenters. The molecule has 1 aromatic heterocycles. The zero-order valence-corrected chi connectivity index (χ0v) is 14.4. The van der Waals surface area contributed by atoms with E-state index in [-0.39, 0.29) is 5.56 Å². The Morgan fingerprint density at radius 2 is 2.09 bits per heavy atom. The van der Waals surface area contributed by atoms with Crippen LogP contribution in [0.5, 0.6) is 0 Å². The van der Waals surface area contributed by atoms with Crippen LogP contribution in [0.15, 0.2) is 29.0 Å². The third kappa shape index (κ3) is 3.24. The molecule has 0 saturated carbocycles. The molecular formula is C16H18BrFN4O. The Kier molecular flexibility index (Phi) is 4.39. The van der Waals surface area contributed by atoms with Crippen molar-refractivity contribution in [1.29, 1.82) is 0 Å². The second kappa shape index (κ2) is 6.31. The summed E-state index contributed by atoms with van der Waals surface area (Å²) in [6, 6.07) is 3.03. The van der Waals surface area contributed by atoms with Gasteiger partial charge in [0, 0.05) is 30.8 Å². The van der Waals surface area contributed by atoms with Crippen molar-refractivity contribution < 1.29 is 9.18 Å². The van der Waals surface area contributed by atoms with Crippen molar-refractivity contribution in [2.75, 3.05) is 18.0 Å². The molecule has 0 unspecified atom stereocenters. The number of anilines is 1. The number of carbonyl (C=O) groups is 1. The molecule has 23 heavy (non-hydrogen) atoms. The molecule has 7 heteroatoms. The van der Waals surface area contributed by atoms with E-state index in [1.54, 1.807) is 10.7 Å². The van der Waals surface area contributed by atoms with Gasteiger partial charge >= 0.3 is 0 Å². The Labute approximate surface area is 142 Å². The number of nitrogens with two attached hydrogens (primary N) is 1. The number of nitrogens with zero attached hydrogens (tertiary/aromatic N) is 3. The molecule has 1 saturated heterocycles. The van der Waals surface area contributed by atoms with Crippen LogP contribution in [0.2, 0.25) is 0 Å². The summed E-state index contributed by atoms with van der Waals surface area (Å²) in [5.41, 5.74) is 7.12. The second-order valence-corrected chi connectivity index (χ2v) is 6.77. The van der Waals surface area contributed by atoms with E-state index in [2.05, 4.69) is 21.0 Å². The molecular weight excluding hydrogens is 363 g/mol. The molecule has 1 fully saturated rings. The summed E-state index contributed by atoms with van der Waals surface area (Å²) in [5.74, 6) is -0.885. The number of primary amides is 1. The topological polar surface area (TPSA) is 64.2 Å². The van der Waals surface area contributed by atoms with E-state index in [4.69, 9.17) is 5.73 Å². The van der Waals surface area contributed by atoms with E-state index in [1.807, 2.05) is 24.3 Å². The molecule has 1 aliphatic rings. The molecule has 0 bridgehead atoms. The smallest absolute Gasteiger partial charge is 0.253 e. The van der Waals surface area contributed by atoms with Gasteiger partial charge in [-0.2, -0.15) is 5.10 Å². The first-order valence-corrected chi connectivity index (χ1v) is 8.27. The number of aromatic nitrogens is 2. The molecule has 122 valence electrons. The number of hydrogen-bond acceptors (Lipinski definition) is 3. The van der Waals surface area contributed by atoms with Crippen molar-refractivity contribution >= 4 is 27.5 Å². The highest BCUT2D eigenvalue weighted by Gasteiger charge is 2.26. The average molecular weight is 381 g/mol. The Morgan fingerprint density at radius 1 is 1.39 bits per heavy atom. The van der Waals surface area contributed by atoms with E-state index < -0.39 is 11.7 Å². The number of halogens is 2. The van der Waals surface area contributed by atoms with Crippen molar-refractivity contribution in [2.45, 2.75) is 18.8 Å². The van der Waals surface area contributed by atoms with E-state index in [1.165, 1.54) is 11.6 Å².